The average molecular weight is 263 g/mol. The van der Waals surface area contributed by atoms with E-state index in [9.17, 15) is 4.79 Å². The van der Waals surface area contributed by atoms with Crippen molar-refractivity contribution in [2.45, 2.75) is 12.8 Å². The zero-order chi connectivity index (χ0) is 13.8. The molecule has 19 heavy (non-hydrogen) atoms. The number of piperidine rings is 1. The first-order valence-electron chi connectivity index (χ1n) is 6.12. The van der Waals surface area contributed by atoms with E-state index in [0.29, 0.717) is 5.69 Å². The van der Waals surface area contributed by atoms with Crippen LogP contribution in [-0.4, -0.2) is 59.1 Å². The topological polar surface area (TPSA) is 81.9 Å². The number of carbonyl (C=O) groups excluding carboxylic acids is 1. The fraction of sp³-hybridized carbons (Fsp3) is 0.500. The molecule has 7 heteroatoms. The van der Waals surface area contributed by atoms with Crippen LogP contribution in [-0.2, 0) is 0 Å². The van der Waals surface area contributed by atoms with Crippen molar-refractivity contribution in [1.82, 2.24) is 15.1 Å². The summed E-state index contributed by atoms with van der Waals surface area (Å²) in [6, 6.07) is 3.48. The third kappa shape index (κ3) is 2.98. The minimum absolute atomic E-state index is 0.160. The van der Waals surface area contributed by atoms with E-state index in [1.165, 1.54) is 4.90 Å². The van der Waals surface area contributed by atoms with E-state index in [-0.39, 0.29) is 5.91 Å². The highest BCUT2D eigenvalue weighted by Crippen LogP contribution is 2.15. The zero-order valence-corrected chi connectivity index (χ0v) is 11.1. The quantitative estimate of drug-likeness (QED) is 0.624. The van der Waals surface area contributed by atoms with E-state index in [4.69, 9.17) is 5.21 Å². The fourth-order valence-electron chi connectivity index (χ4n) is 1.93. The van der Waals surface area contributed by atoms with Gasteiger partial charge in [-0.25, -0.2) is 0 Å². The third-order valence-corrected chi connectivity index (χ3v) is 3.08. The molecule has 0 spiro atoms. The second kappa shape index (κ2) is 5.64. The summed E-state index contributed by atoms with van der Waals surface area (Å²) in [7, 11) is 3.36. The van der Waals surface area contributed by atoms with Crippen molar-refractivity contribution in [3.8, 4) is 0 Å². The highest BCUT2D eigenvalue weighted by molar-refractivity contribution is 5.91. The van der Waals surface area contributed by atoms with Crippen LogP contribution < -0.4 is 4.90 Å². The Labute approximate surface area is 111 Å². The standard InChI is InChI=1S/C12H17N5O2/c1-16(2)12(18)10-3-4-11(14-13-10)17-7-5-9(15-19)6-8-17/h3-4,19H,5-8H2,1-2H3. The Hall–Kier alpha value is -2.18. The molecule has 1 amide bonds. The predicted molar refractivity (Wildman–Crippen MR) is 70.7 cm³/mol. The van der Waals surface area contributed by atoms with Crippen molar-refractivity contribution in [1.29, 1.82) is 0 Å². The summed E-state index contributed by atoms with van der Waals surface area (Å²) >= 11 is 0. The Morgan fingerprint density at radius 1 is 1.32 bits per heavy atom. The Kier molecular flexibility index (Phi) is 3.94. The lowest BCUT2D eigenvalue weighted by Gasteiger charge is -2.27. The summed E-state index contributed by atoms with van der Waals surface area (Å²) in [5.41, 5.74) is 1.15. The molecule has 2 heterocycles. The fourth-order valence-corrected chi connectivity index (χ4v) is 1.93. The number of amides is 1. The maximum Gasteiger partial charge on any atom is 0.273 e. The molecule has 1 aromatic heterocycles. The van der Waals surface area contributed by atoms with Gasteiger partial charge in [-0.15, -0.1) is 10.2 Å². The van der Waals surface area contributed by atoms with Crippen LogP contribution in [0.15, 0.2) is 17.3 Å². The molecule has 0 unspecified atom stereocenters. The molecule has 1 fully saturated rings. The van der Waals surface area contributed by atoms with E-state index in [2.05, 4.69) is 20.3 Å². The van der Waals surface area contributed by atoms with Gasteiger partial charge in [-0.2, -0.15) is 0 Å². The molecule has 0 radical (unpaired) electrons. The van der Waals surface area contributed by atoms with Gasteiger partial charge in [0.15, 0.2) is 11.5 Å². The van der Waals surface area contributed by atoms with Crippen LogP contribution in [0, 0.1) is 0 Å². The number of carbonyl (C=O) groups is 1. The van der Waals surface area contributed by atoms with Gasteiger partial charge in [0.05, 0.1) is 5.71 Å². The maximum atomic E-state index is 11.7. The van der Waals surface area contributed by atoms with Crippen molar-refractivity contribution in [3.63, 3.8) is 0 Å². The van der Waals surface area contributed by atoms with Gasteiger partial charge in [-0.1, -0.05) is 5.16 Å². The van der Waals surface area contributed by atoms with E-state index < -0.39 is 0 Å². The van der Waals surface area contributed by atoms with Gasteiger partial charge >= 0.3 is 0 Å². The third-order valence-electron chi connectivity index (χ3n) is 3.08. The Morgan fingerprint density at radius 3 is 2.47 bits per heavy atom. The van der Waals surface area contributed by atoms with Crippen molar-refractivity contribution in [2.75, 3.05) is 32.1 Å². The van der Waals surface area contributed by atoms with Gasteiger partial charge in [0.2, 0.25) is 0 Å². The van der Waals surface area contributed by atoms with Crippen molar-refractivity contribution >= 4 is 17.4 Å². The zero-order valence-electron chi connectivity index (χ0n) is 11.1. The van der Waals surface area contributed by atoms with E-state index in [1.54, 1.807) is 26.2 Å². The molecule has 0 bridgehead atoms. The summed E-state index contributed by atoms with van der Waals surface area (Å²) in [6.45, 7) is 1.49. The first kappa shape index (κ1) is 13.3. The van der Waals surface area contributed by atoms with Gasteiger partial charge in [0, 0.05) is 40.0 Å². The van der Waals surface area contributed by atoms with Gasteiger partial charge in [0.25, 0.3) is 5.91 Å². The van der Waals surface area contributed by atoms with E-state index in [1.807, 2.05) is 0 Å². The Bertz CT molecular complexity index is 473. The van der Waals surface area contributed by atoms with Crippen LogP contribution in [0.3, 0.4) is 0 Å². The van der Waals surface area contributed by atoms with Crippen molar-refractivity contribution in [3.05, 3.63) is 17.8 Å². The number of rotatable bonds is 2. The molecular formula is C12H17N5O2. The minimum Gasteiger partial charge on any atom is -0.411 e. The first-order valence-corrected chi connectivity index (χ1v) is 6.12. The lowest BCUT2D eigenvalue weighted by Crippen LogP contribution is -2.34. The second-order valence-corrected chi connectivity index (χ2v) is 4.63. The van der Waals surface area contributed by atoms with E-state index >= 15 is 0 Å². The summed E-state index contributed by atoms with van der Waals surface area (Å²) in [5, 5.41) is 20.0. The lowest BCUT2D eigenvalue weighted by atomic mass is 10.1. The van der Waals surface area contributed by atoms with E-state index in [0.717, 1.165) is 37.5 Å². The smallest absolute Gasteiger partial charge is 0.273 e. The lowest BCUT2D eigenvalue weighted by molar-refractivity contribution is 0.0821. The molecule has 1 aliphatic rings. The molecule has 1 aromatic rings. The molecule has 1 saturated heterocycles. The number of aromatic nitrogens is 2. The number of hydrogen-bond acceptors (Lipinski definition) is 6. The number of oxime groups is 1. The SMILES string of the molecule is CN(C)C(=O)c1ccc(N2CCC(=NO)CC2)nn1. The van der Waals surface area contributed by atoms with Crippen molar-refractivity contribution in [2.24, 2.45) is 5.16 Å². The van der Waals surface area contributed by atoms with Crippen LogP contribution in [0.25, 0.3) is 0 Å². The summed E-state index contributed by atoms with van der Waals surface area (Å²) in [5.74, 6) is 0.583. The van der Waals surface area contributed by atoms with Crippen LogP contribution >= 0.6 is 0 Å². The highest BCUT2D eigenvalue weighted by atomic mass is 16.4. The largest absolute Gasteiger partial charge is 0.411 e. The maximum absolute atomic E-state index is 11.7. The molecule has 0 aliphatic carbocycles. The molecular weight excluding hydrogens is 246 g/mol. The Balaban J connectivity index is 2.05. The monoisotopic (exact) mass is 263 g/mol. The normalized spacial score (nSPS) is 15.3. The average Bonchev–Trinajstić information content (AvgIpc) is 2.46. The molecule has 7 nitrogen and oxygen atoms in total. The molecule has 102 valence electrons. The van der Waals surface area contributed by atoms with Gasteiger partial charge in [-0.3, -0.25) is 4.79 Å². The van der Waals surface area contributed by atoms with Crippen LogP contribution in [0.5, 0.6) is 0 Å². The van der Waals surface area contributed by atoms with Crippen LogP contribution in [0.2, 0.25) is 0 Å². The Morgan fingerprint density at radius 2 is 2.00 bits per heavy atom. The molecule has 0 aromatic carbocycles. The summed E-state index contributed by atoms with van der Waals surface area (Å²) in [4.78, 5) is 15.2. The first-order chi connectivity index (χ1) is 9.11. The van der Waals surface area contributed by atoms with Crippen LogP contribution in [0.1, 0.15) is 23.3 Å². The molecule has 0 atom stereocenters. The highest BCUT2D eigenvalue weighted by Gasteiger charge is 2.18. The second-order valence-electron chi connectivity index (χ2n) is 4.63. The number of hydrogen-bond donors (Lipinski definition) is 1. The van der Waals surface area contributed by atoms with Crippen molar-refractivity contribution < 1.29 is 10.0 Å². The van der Waals surface area contributed by atoms with Gasteiger partial charge in [-0.05, 0) is 12.1 Å². The molecule has 2 rings (SSSR count). The van der Waals surface area contributed by atoms with Gasteiger partial charge in [0.1, 0.15) is 0 Å². The minimum atomic E-state index is -0.160. The van der Waals surface area contributed by atoms with Gasteiger partial charge < -0.3 is 15.0 Å². The molecule has 1 N–H and O–H groups in total. The number of anilines is 1. The summed E-state index contributed by atoms with van der Waals surface area (Å²) in [6.07, 6.45) is 1.44. The number of nitrogens with zero attached hydrogens (tertiary/aromatic N) is 5. The summed E-state index contributed by atoms with van der Waals surface area (Å²) < 4.78 is 0. The molecule has 1 aliphatic heterocycles. The molecule has 0 saturated carbocycles. The predicted octanol–water partition coefficient (Wildman–Crippen LogP) is 0.609. The van der Waals surface area contributed by atoms with Crippen LogP contribution in [0.4, 0.5) is 5.82 Å².